The van der Waals surface area contributed by atoms with Crippen LogP contribution in [0, 0.1) is 0 Å². The van der Waals surface area contributed by atoms with Crippen LogP contribution in [0.25, 0.3) is 0 Å². The zero-order chi connectivity index (χ0) is 8.81. The van der Waals surface area contributed by atoms with E-state index in [0.29, 0.717) is 24.6 Å². The van der Waals surface area contributed by atoms with Gasteiger partial charge >= 0.3 is 0 Å². The molecule has 5 nitrogen and oxygen atoms in total. The Bertz CT molecular complexity index is 223. The summed E-state index contributed by atoms with van der Waals surface area (Å²) in [5.41, 5.74) is 5.34. The maximum absolute atomic E-state index is 8.49. The van der Waals surface area contributed by atoms with E-state index in [0.717, 1.165) is 0 Å². The zero-order valence-corrected chi connectivity index (χ0v) is 6.70. The third kappa shape index (κ3) is 2.71. The van der Waals surface area contributed by atoms with Gasteiger partial charge in [-0.2, -0.15) is 0 Å². The van der Waals surface area contributed by atoms with Gasteiger partial charge < -0.3 is 16.2 Å². The summed E-state index contributed by atoms with van der Waals surface area (Å²) >= 11 is 0. The van der Waals surface area contributed by atoms with Gasteiger partial charge in [0.2, 0.25) is 0 Å². The molecule has 0 aromatic carbocycles. The van der Waals surface area contributed by atoms with E-state index in [4.69, 9.17) is 10.8 Å². The van der Waals surface area contributed by atoms with Gasteiger partial charge in [0.1, 0.15) is 11.6 Å². The van der Waals surface area contributed by atoms with E-state index in [1.165, 1.54) is 6.20 Å². The Kier molecular flexibility index (Phi) is 3.28. The molecule has 0 saturated carbocycles. The van der Waals surface area contributed by atoms with Crippen molar-refractivity contribution in [1.29, 1.82) is 0 Å². The number of nitrogen functional groups attached to an aromatic ring is 1. The summed E-state index contributed by atoms with van der Waals surface area (Å²) in [4.78, 5) is 7.82. The van der Waals surface area contributed by atoms with E-state index in [2.05, 4.69) is 15.3 Å². The number of aliphatic hydroxyl groups excluding tert-OH is 1. The lowest BCUT2D eigenvalue weighted by Crippen LogP contribution is -2.05. The van der Waals surface area contributed by atoms with Gasteiger partial charge in [-0.1, -0.05) is 0 Å². The molecule has 4 N–H and O–H groups in total. The van der Waals surface area contributed by atoms with Crippen LogP contribution in [-0.4, -0.2) is 28.2 Å². The predicted octanol–water partition coefficient (Wildman–Crippen LogP) is -0.147. The van der Waals surface area contributed by atoms with Crippen molar-refractivity contribution in [2.75, 3.05) is 24.2 Å². The van der Waals surface area contributed by atoms with Gasteiger partial charge in [0.25, 0.3) is 0 Å². The van der Waals surface area contributed by atoms with Crippen molar-refractivity contribution in [3.8, 4) is 0 Å². The Labute approximate surface area is 70.6 Å². The third-order valence-electron chi connectivity index (χ3n) is 1.31. The number of anilines is 2. The van der Waals surface area contributed by atoms with E-state index >= 15 is 0 Å². The Morgan fingerprint density at radius 1 is 1.42 bits per heavy atom. The number of nitrogens with two attached hydrogens (primary N) is 1. The van der Waals surface area contributed by atoms with E-state index in [1.54, 1.807) is 6.20 Å². The fourth-order valence-corrected chi connectivity index (χ4v) is 0.725. The molecule has 5 heteroatoms. The summed E-state index contributed by atoms with van der Waals surface area (Å²) in [6, 6.07) is 0. The number of aromatic nitrogens is 2. The fraction of sp³-hybridized carbons (Fsp3) is 0.429. The topological polar surface area (TPSA) is 84.1 Å². The first kappa shape index (κ1) is 8.73. The molecule has 1 rings (SSSR count). The van der Waals surface area contributed by atoms with Gasteiger partial charge in [0.05, 0.1) is 12.4 Å². The molecule has 0 spiro atoms. The number of hydrogen-bond acceptors (Lipinski definition) is 5. The average Bonchev–Trinajstić information content (AvgIpc) is 2.09. The number of nitrogens with zero attached hydrogens (tertiary/aromatic N) is 2. The first-order valence-electron chi connectivity index (χ1n) is 3.75. The molecule has 12 heavy (non-hydrogen) atoms. The highest BCUT2D eigenvalue weighted by molar-refractivity contribution is 5.35. The molecule has 1 aromatic rings. The van der Waals surface area contributed by atoms with Gasteiger partial charge in [0, 0.05) is 13.2 Å². The molecule has 66 valence electrons. The monoisotopic (exact) mass is 168 g/mol. The number of aliphatic hydroxyl groups is 1. The molecule has 0 aliphatic rings. The van der Waals surface area contributed by atoms with Crippen LogP contribution in [-0.2, 0) is 0 Å². The molecule has 1 heterocycles. The van der Waals surface area contributed by atoms with Gasteiger partial charge in [-0.15, -0.1) is 0 Å². The van der Waals surface area contributed by atoms with Crippen molar-refractivity contribution < 1.29 is 5.11 Å². The maximum atomic E-state index is 8.49. The summed E-state index contributed by atoms with van der Waals surface area (Å²) in [5.74, 6) is 1.08. The highest BCUT2D eigenvalue weighted by atomic mass is 16.3. The molecule has 0 aliphatic heterocycles. The van der Waals surface area contributed by atoms with Gasteiger partial charge in [-0.05, 0) is 6.42 Å². The van der Waals surface area contributed by atoms with Crippen molar-refractivity contribution in [1.82, 2.24) is 9.97 Å². The lowest BCUT2D eigenvalue weighted by atomic mass is 10.4. The molecule has 0 atom stereocenters. The summed E-state index contributed by atoms with van der Waals surface area (Å²) in [6.07, 6.45) is 3.75. The first-order chi connectivity index (χ1) is 5.83. The molecule has 0 unspecified atom stereocenters. The van der Waals surface area contributed by atoms with E-state index in [1.807, 2.05) is 0 Å². The van der Waals surface area contributed by atoms with Crippen LogP contribution in [0.3, 0.4) is 0 Å². The average molecular weight is 168 g/mol. The summed E-state index contributed by atoms with van der Waals surface area (Å²) in [6.45, 7) is 0.866. The fourth-order valence-electron chi connectivity index (χ4n) is 0.725. The second kappa shape index (κ2) is 4.50. The minimum atomic E-state index is 0.176. The molecule has 0 fully saturated rings. The smallest absolute Gasteiger partial charge is 0.144 e. The zero-order valence-electron chi connectivity index (χ0n) is 6.70. The predicted molar refractivity (Wildman–Crippen MR) is 46.6 cm³/mol. The molecule has 1 aromatic heterocycles. The number of rotatable bonds is 4. The quantitative estimate of drug-likeness (QED) is 0.545. The largest absolute Gasteiger partial charge is 0.396 e. The normalized spacial score (nSPS) is 9.75. The summed E-state index contributed by atoms with van der Waals surface area (Å²) < 4.78 is 0. The molecule has 0 radical (unpaired) electrons. The third-order valence-corrected chi connectivity index (χ3v) is 1.31. The molecular formula is C7H12N4O. The minimum absolute atomic E-state index is 0.176. The lowest BCUT2D eigenvalue weighted by molar-refractivity contribution is 0.292. The lowest BCUT2D eigenvalue weighted by Gasteiger charge is -2.02. The Hall–Kier alpha value is -1.36. The van der Waals surface area contributed by atoms with Crippen LogP contribution >= 0.6 is 0 Å². The van der Waals surface area contributed by atoms with Crippen LogP contribution < -0.4 is 11.1 Å². The number of nitrogens with one attached hydrogen (secondary N) is 1. The number of hydrogen-bond donors (Lipinski definition) is 3. The van der Waals surface area contributed by atoms with Crippen molar-refractivity contribution in [3.63, 3.8) is 0 Å². The van der Waals surface area contributed by atoms with E-state index < -0.39 is 0 Å². The Morgan fingerprint density at radius 3 is 2.83 bits per heavy atom. The molecule has 0 bridgehead atoms. The summed E-state index contributed by atoms with van der Waals surface area (Å²) in [5, 5.41) is 11.5. The van der Waals surface area contributed by atoms with Gasteiger partial charge in [-0.25, -0.2) is 9.97 Å². The second-order valence-electron chi connectivity index (χ2n) is 2.33. The van der Waals surface area contributed by atoms with Crippen molar-refractivity contribution in [3.05, 3.63) is 12.4 Å². The molecule has 0 aliphatic carbocycles. The molecule has 0 saturated heterocycles. The van der Waals surface area contributed by atoms with Gasteiger partial charge in [-0.3, -0.25) is 0 Å². The van der Waals surface area contributed by atoms with Gasteiger partial charge in [0.15, 0.2) is 0 Å². The van der Waals surface area contributed by atoms with E-state index in [9.17, 15) is 0 Å². The minimum Gasteiger partial charge on any atom is -0.396 e. The van der Waals surface area contributed by atoms with Crippen molar-refractivity contribution in [2.45, 2.75) is 6.42 Å². The Morgan fingerprint density at radius 2 is 2.25 bits per heavy atom. The maximum Gasteiger partial charge on any atom is 0.144 e. The van der Waals surface area contributed by atoms with Crippen molar-refractivity contribution >= 4 is 11.6 Å². The van der Waals surface area contributed by atoms with Crippen LogP contribution in [0.5, 0.6) is 0 Å². The van der Waals surface area contributed by atoms with Crippen LogP contribution in [0.1, 0.15) is 6.42 Å². The van der Waals surface area contributed by atoms with Crippen LogP contribution in [0.15, 0.2) is 12.4 Å². The van der Waals surface area contributed by atoms with Crippen LogP contribution in [0.2, 0.25) is 0 Å². The highest BCUT2D eigenvalue weighted by Crippen LogP contribution is 2.00. The van der Waals surface area contributed by atoms with E-state index in [-0.39, 0.29) is 6.61 Å². The second-order valence-corrected chi connectivity index (χ2v) is 2.33. The summed E-state index contributed by atoms with van der Waals surface area (Å²) in [7, 11) is 0. The Balaban J connectivity index is 2.37. The molecular weight excluding hydrogens is 156 g/mol. The standard InChI is InChI=1S/C7H12N4O/c8-6-4-11-7(5-10-6)9-2-1-3-12/h4-5,12H,1-3H2,(H2,8,10)(H,9,11). The SMILES string of the molecule is Nc1cnc(NCCCO)cn1. The first-order valence-corrected chi connectivity index (χ1v) is 3.75. The van der Waals surface area contributed by atoms with Crippen LogP contribution in [0.4, 0.5) is 11.6 Å². The van der Waals surface area contributed by atoms with Crippen molar-refractivity contribution in [2.24, 2.45) is 0 Å². The molecule has 0 amide bonds. The highest BCUT2D eigenvalue weighted by Gasteiger charge is 1.92.